The zero-order valence-electron chi connectivity index (χ0n) is 9.81. The van der Waals surface area contributed by atoms with Gasteiger partial charge in [0, 0.05) is 32.1 Å². The van der Waals surface area contributed by atoms with Crippen molar-refractivity contribution < 1.29 is 13.2 Å². The monoisotopic (exact) mass is 247 g/mol. The molecule has 4 nitrogen and oxygen atoms in total. The fraction of sp³-hybridized carbons (Fsp3) is 1.00. The summed E-state index contributed by atoms with van der Waals surface area (Å²) in [6, 6.07) is 0.502. The van der Waals surface area contributed by atoms with Crippen molar-refractivity contribution in [3.8, 4) is 0 Å². The minimum absolute atomic E-state index is 0.177. The Hall–Kier alpha value is -0.130. The van der Waals surface area contributed by atoms with Gasteiger partial charge in [0.15, 0.2) is 9.84 Å². The first-order valence-electron chi connectivity index (χ1n) is 6.07. The van der Waals surface area contributed by atoms with Crippen LogP contribution in [0, 0.1) is 5.92 Å². The van der Waals surface area contributed by atoms with Crippen LogP contribution in [0.3, 0.4) is 0 Å². The van der Waals surface area contributed by atoms with Gasteiger partial charge >= 0.3 is 0 Å². The first-order chi connectivity index (χ1) is 7.57. The molecule has 5 heteroatoms. The summed E-state index contributed by atoms with van der Waals surface area (Å²) < 4.78 is 28.2. The second kappa shape index (κ2) is 5.02. The molecule has 2 atom stereocenters. The minimum Gasteiger partial charge on any atom is -0.381 e. The Morgan fingerprint density at radius 3 is 2.31 bits per heavy atom. The molecule has 0 aliphatic carbocycles. The molecule has 0 amide bonds. The van der Waals surface area contributed by atoms with Gasteiger partial charge in [0.25, 0.3) is 0 Å². The lowest BCUT2D eigenvalue weighted by Gasteiger charge is -2.36. The molecule has 0 aromatic carbocycles. The fourth-order valence-corrected chi connectivity index (χ4v) is 3.70. The number of sulfone groups is 1. The van der Waals surface area contributed by atoms with E-state index < -0.39 is 9.84 Å². The molecule has 1 N–H and O–H groups in total. The van der Waals surface area contributed by atoms with E-state index in [1.54, 1.807) is 0 Å². The molecule has 2 rings (SSSR count). The highest BCUT2D eigenvalue weighted by atomic mass is 32.2. The Balaban J connectivity index is 1.85. The highest BCUT2D eigenvalue weighted by Gasteiger charge is 2.31. The van der Waals surface area contributed by atoms with Gasteiger partial charge in [-0.3, -0.25) is 0 Å². The highest BCUT2D eigenvalue weighted by molar-refractivity contribution is 7.91. The van der Waals surface area contributed by atoms with Gasteiger partial charge in [-0.1, -0.05) is 0 Å². The summed E-state index contributed by atoms with van der Waals surface area (Å²) in [6.07, 6.45) is 5.37. The van der Waals surface area contributed by atoms with Gasteiger partial charge in [0.1, 0.15) is 0 Å². The Morgan fingerprint density at radius 1 is 1.12 bits per heavy atom. The van der Waals surface area contributed by atoms with Crippen molar-refractivity contribution in [2.24, 2.45) is 5.92 Å². The molecule has 16 heavy (non-hydrogen) atoms. The van der Waals surface area contributed by atoms with Gasteiger partial charge in [0.2, 0.25) is 0 Å². The second-order valence-corrected chi connectivity index (χ2v) is 7.32. The largest absolute Gasteiger partial charge is 0.381 e. The van der Waals surface area contributed by atoms with Gasteiger partial charge in [0.05, 0.1) is 5.25 Å². The maximum Gasteiger partial charge on any atom is 0.151 e. The van der Waals surface area contributed by atoms with Crippen molar-refractivity contribution >= 4 is 9.84 Å². The SMILES string of the molecule is CS(=O)(=O)C1CCC(C2CCOCC2)NC1. The number of piperidine rings is 1. The van der Waals surface area contributed by atoms with E-state index in [1.807, 2.05) is 0 Å². The van der Waals surface area contributed by atoms with Crippen molar-refractivity contribution in [3.05, 3.63) is 0 Å². The van der Waals surface area contributed by atoms with E-state index >= 15 is 0 Å². The molecule has 0 bridgehead atoms. The Labute approximate surface area is 97.7 Å². The molecule has 2 fully saturated rings. The van der Waals surface area contributed by atoms with Crippen LogP contribution in [0.5, 0.6) is 0 Å². The lowest BCUT2D eigenvalue weighted by molar-refractivity contribution is 0.0501. The molecule has 0 spiro atoms. The minimum atomic E-state index is -2.87. The molecule has 2 heterocycles. The van der Waals surface area contributed by atoms with E-state index in [0.29, 0.717) is 18.5 Å². The quantitative estimate of drug-likeness (QED) is 0.775. The molecule has 94 valence electrons. The summed E-state index contributed by atoms with van der Waals surface area (Å²) in [6.45, 7) is 2.34. The van der Waals surface area contributed by atoms with Crippen molar-refractivity contribution in [1.82, 2.24) is 5.32 Å². The van der Waals surface area contributed by atoms with Crippen molar-refractivity contribution in [2.75, 3.05) is 26.0 Å². The molecule has 0 radical (unpaired) electrons. The van der Waals surface area contributed by atoms with Gasteiger partial charge in [-0.05, 0) is 31.6 Å². The topological polar surface area (TPSA) is 55.4 Å². The van der Waals surface area contributed by atoms with Gasteiger partial charge in [-0.2, -0.15) is 0 Å². The normalized spacial score (nSPS) is 33.8. The Kier molecular flexibility index (Phi) is 3.87. The summed E-state index contributed by atoms with van der Waals surface area (Å²) >= 11 is 0. The van der Waals surface area contributed by atoms with Crippen molar-refractivity contribution in [1.29, 1.82) is 0 Å². The van der Waals surface area contributed by atoms with Crippen LogP contribution >= 0.6 is 0 Å². The molecule has 0 aromatic rings. The summed E-state index contributed by atoms with van der Waals surface area (Å²) in [5.41, 5.74) is 0. The maximum atomic E-state index is 11.4. The number of nitrogens with one attached hydrogen (secondary N) is 1. The standard InChI is InChI=1S/C11H21NO3S/c1-16(13,14)10-2-3-11(12-8-10)9-4-6-15-7-5-9/h9-12H,2-8H2,1H3. The first-order valence-corrected chi connectivity index (χ1v) is 8.03. The predicted molar refractivity (Wildman–Crippen MR) is 63.2 cm³/mol. The predicted octanol–water partition coefficient (Wildman–Crippen LogP) is 0.578. The zero-order chi connectivity index (χ0) is 11.6. The maximum absolute atomic E-state index is 11.4. The number of hydrogen-bond donors (Lipinski definition) is 1. The molecular formula is C11H21NO3S. The van der Waals surface area contributed by atoms with Crippen molar-refractivity contribution in [3.63, 3.8) is 0 Å². The van der Waals surface area contributed by atoms with Crippen LogP contribution in [0.25, 0.3) is 0 Å². The first kappa shape index (κ1) is 12.3. The molecule has 2 aliphatic heterocycles. The van der Waals surface area contributed by atoms with Gasteiger partial charge < -0.3 is 10.1 Å². The average molecular weight is 247 g/mol. The van der Waals surface area contributed by atoms with Crippen LogP contribution in [-0.4, -0.2) is 45.7 Å². The zero-order valence-corrected chi connectivity index (χ0v) is 10.6. The third kappa shape index (κ3) is 2.96. The fourth-order valence-electron chi connectivity index (χ4n) is 2.74. The average Bonchev–Trinajstić information content (AvgIpc) is 2.29. The van der Waals surface area contributed by atoms with E-state index in [1.165, 1.54) is 6.26 Å². The molecule has 2 aliphatic rings. The summed E-state index contributed by atoms with van der Waals surface area (Å²) in [4.78, 5) is 0. The summed E-state index contributed by atoms with van der Waals surface area (Å²) in [5, 5.41) is 3.23. The Morgan fingerprint density at radius 2 is 1.81 bits per heavy atom. The highest BCUT2D eigenvalue weighted by Crippen LogP contribution is 2.25. The molecule has 0 saturated carbocycles. The van der Waals surface area contributed by atoms with E-state index in [4.69, 9.17) is 4.74 Å². The van der Waals surface area contributed by atoms with Crippen LogP contribution in [0.2, 0.25) is 0 Å². The van der Waals surface area contributed by atoms with Crippen LogP contribution in [0.15, 0.2) is 0 Å². The van der Waals surface area contributed by atoms with Crippen LogP contribution in [0.1, 0.15) is 25.7 Å². The van der Waals surface area contributed by atoms with E-state index in [2.05, 4.69) is 5.32 Å². The molecular weight excluding hydrogens is 226 g/mol. The van der Waals surface area contributed by atoms with Gasteiger partial charge in [-0.15, -0.1) is 0 Å². The Bertz CT molecular complexity index is 314. The molecule has 2 saturated heterocycles. The third-order valence-corrected chi connectivity index (χ3v) is 5.46. The molecule has 0 aromatic heterocycles. The lowest BCUT2D eigenvalue weighted by Crippen LogP contribution is -2.48. The van der Waals surface area contributed by atoms with Crippen LogP contribution < -0.4 is 5.32 Å². The second-order valence-electron chi connectivity index (χ2n) is 4.99. The number of ether oxygens (including phenoxy) is 1. The number of rotatable bonds is 2. The van der Waals surface area contributed by atoms with Gasteiger partial charge in [-0.25, -0.2) is 8.42 Å². The third-order valence-electron chi connectivity index (χ3n) is 3.85. The smallest absolute Gasteiger partial charge is 0.151 e. The summed E-state index contributed by atoms with van der Waals surface area (Å²) in [5.74, 6) is 0.675. The van der Waals surface area contributed by atoms with E-state index in [0.717, 1.165) is 38.9 Å². The molecule has 2 unspecified atom stereocenters. The summed E-state index contributed by atoms with van der Waals surface area (Å²) in [7, 11) is -2.87. The van der Waals surface area contributed by atoms with Crippen LogP contribution in [-0.2, 0) is 14.6 Å². The lowest BCUT2D eigenvalue weighted by atomic mass is 9.86. The van der Waals surface area contributed by atoms with E-state index in [-0.39, 0.29) is 5.25 Å². The number of hydrogen-bond acceptors (Lipinski definition) is 4. The van der Waals surface area contributed by atoms with Crippen molar-refractivity contribution in [2.45, 2.75) is 37.0 Å². The van der Waals surface area contributed by atoms with Crippen LogP contribution in [0.4, 0.5) is 0 Å². The van der Waals surface area contributed by atoms with E-state index in [9.17, 15) is 8.42 Å².